The van der Waals surface area contributed by atoms with Crippen molar-refractivity contribution >= 4 is 17.6 Å². The third-order valence-electron chi connectivity index (χ3n) is 2.65. The van der Waals surface area contributed by atoms with E-state index in [1.807, 2.05) is 0 Å². The van der Waals surface area contributed by atoms with Gasteiger partial charge in [0, 0.05) is 13.6 Å². The molecule has 0 heterocycles. The van der Waals surface area contributed by atoms with Crippen molar-refractivity contribution in [2.75, 3.05) is 32.5 Å². The molecule has 0 saturated heterocycles. The minimum atomic E-state index is -0.319. The monoisotopic (exact) mass is 280 g/mol. The highest BCUT2D eigenvalue weighted by Crippen LogP contribution is 2.19. The Kier molecular flexibility index (Phi) is 6.36. The van der Waals surface area contributed by atoms with Gasteiger partial charge in [-0.3, -0.25) is 9.59 Å². The van der Waals surface area contributed by atoms with Crippen molar-refractivity contribution in [1.82, 2.24) is 4.90 Å². The molecule has 0 atom stereocenters. The molecule has 2 N–H and O–H groups in total. The number of ether oxygens (including phenoxy) is 2. The molecule has 6 nitrogen and oxygen atoms in total. The molecule has 0 spiro atoms. The minimum absolute atomic E-state index is 0.118. The average molecular weight is 280 g/mol. The smallest absolute Gasteiger partial charge is 0.307 e. The molecule has 1 aromatic carbocycles. The van der Waals surface area contributed by atoms with Gasteiger partial charge < -0.3 is 20.1 Å². The van der Waals surface area contributed by atoms with Crippen LogP contribution in [0.25, 0.3) is 0 Å². The summed E-state index contributed by atoms with van der Waals surface area (Å²) in [6.07, 6.45) is 0.170. The number of hydrogen-bond donors (Lipinski definition) is 1. The molecule has 0 aliphatic carbocycles. The molecular weight excluding hydrogens is 260 g/mol. The van der Waals surface area contributed by atoms with Crippen LogP contribution in [-0.4, -0.2) is 43.6 Å². The quantitative estimate of drug-likeness (QED) is 0.596. The summed E-state index contributed by atoms with van der Waals surface area (Å²) in [5, 5.41) is 0. The second kappa shape index (κ2) is 8.04. The molecule has 0 aliphatic rings. The number of nitrogens with two attached hydrogens (primary N) is 1. The van der Waals surface area contributed by atoms with Crippen molar-refractivity contribution in [2.24, 2.45) is 0 Å². The first-order chi connectivity index (χ1) is 9.54. The summed E-state index contributed by atoms with van der Waals surface area (Å²) in [7, 11) is 1.61. The number of nitrogens with zero attached hydrogens (tertiary/aromatic N) is 1. The van der Waals surface area contributed by atoms with Gasteiger partial charge in [-0.1, -0.05) is 12.1 Å². The lowest BCUT2D eigenvalue weighted by atomic mass is 10.3. The van der Waals surface area contributed by atoms with Crippen LogP contribution < -0.4 is 10.5 Å². The Hall–Kier alpha value is -2.24. The van der Waals surface area contributed by atoms with Gasteiger partial charge in [-0.2, -0.15) is 0 Å². The zero-order chi connectivity index (χ0) is 15.0. The predicted molar refractivity (Wildman–Crippen MR) is 75.2 cm³/mol. The fourth-order valence-corrected chi connectivity index (χ4v) is 1.48. The van der Waals surface area contributed by atoms with E-state index in [0.717, 1.165) is 0 Å². The van der Waals surface area contributed by atoms with Crippen LogP contribution in [0, 0.1) is 0 Å². The molecule has 0 aromatic heterocycles. The average Bonchev–Trinajstić information content (AvgIpc) is 2.44. The molecule has 0 bridgehead atoms. The van der Waals surface area contributed by atoms with Crippen molar-refractivity contribution in [3.63, 3.8) is 0 Å². The summed E-state index contributed by atoms with van der Waals surface area (Å²) in [5.74, 6) is -0.0717. The van der Waals surface area contributed by atoms with Gasteiger partial charge in [0.1, 0.15) is 5.75 Å². The van der Waals surface area contributed by atoms with E-state index in [4.69, 9.17) is 15.2 Å². The Morgan fingerprint density at radius 1 is 1.30 bits per heavy atom. The van der Waals surface area contributed by atoms with Gasteiger partial charge in [0.25, 0.3) is 5.91 Å². The van der Waals surface area contributed by atoms with Crippen LogP contribution in [0.15, 0.2) is 24.3 Å². The molecule has 0 unspecified atom stereocenters. The molecule has 1 amide bonds. The first-order valence-corrected chi connectivity index (χ1v) is 6.41. The number of carbonyl (C=O) groups excluding carboxylic acids is 2. The second-order valence-corrected chi connectivity index (χ2v) is 4.20. The van der Waals surface area contributed by atoms with Crippen molar-refractivity contribution in [3.8, 4) is 5.75 Å². The molecule has 0 fully saturated rings. The van der Waals surface area contributed by atoms with Gasteiger partial charge in [-0.05, 0) is 19.1 Å². The van der Waals surface area contributed by atoms with E-state index >= 15 is 0 Å². The minimum Gasteiger partial charge on any atom is -0.482 e. The van der Waals surface area contributed by atoms with Gasteiger partial charge in [0.2, 0.25) is 0 Å². The van der Waals surface area contributed by atoms with Gasteiger partial charge in [0.15, 0.2) is 6.61 Å². The highest BCUT2D eigenvalue weighted by molar-refractivity contribution is 5.78. The molecule has 0 radical (unpaired) electrons. The van der Waals surface area contributed by atoms with Crippen LogP contribution in [0.4, 0.5) is 5.69 Å². The van der Waals surface area contributed by atoms with Crippen LogP contribution in [-0.2, 0) is 14.3 Å². The largest absolute Gasteiger partial charge is 0.482 e. The first-order valence-electron chi connectivity index (χ1n) is 6.41. The van der Waals surface area contributed by atoms with E-state index < -0.39 is 0 Å². The number of likely N-dealkylation sites (N-methyl/N-ethyl adjacent to an activating group) is 1. The van der Waals surface area contributed by atoms with Crippen molar-refractivity contribution in [1.29, 1.82) is 0 Å². The van der Waals surface area contributed by atoms with Crippen molar-refractivity contribution in [2.45, 2.75) is 13.3 Å². The van der Waals surface area contributed by atoms with E-state index in [1.54, 1.807) is 38.2 Å². The molecular formula is C14H20N2O4. The summed E-state index contributed by atoms with van der Waals surface area (Å²) < 4.78 is 10.1. The Labute approximate surface area is 118 Å². The highest BCUT2D eigenvalue weighted by Gasteiger charge is 2.12. The van der Waals surface area contributed by atoms with Crippen LogP contribution in [0.1, 0.15) is 13.3 Å². The van der Waals surface area contributed by atoms with Gasteiger partial charge in [0.05, 0.1) is 18.7 Å². The highest BCUT2D eigenvalue weighted by atomic mass is 16.5. The van der Waals surface area contributed by atoms with E-state index in [1.165, 1.54) is 4.90 Å². The maximum absolute atomic E-state index is 11.8. The van der Waals surface area contributed by atoms with E-state index in [9.17, 15) is 9.59 Å². The molecule has 6 heteroatoms. The number of esters is 1. The van der Waals surface area contributed by atoms with E-state index in [-0.39, 0.29) is 24.9 Å². The Bertz CT molecular complexity index is 462. The summed E-state index contributed by atoms with van der Waals surface area (Å²) in [6.45, 7) is 2.26. The molecule has 0 aliphatic heterocycles. The second-order valence-electron chi connectivity index (χ2n) is 4.20. The number of hydrogen-bond acceptors (Lipinski definition) is 5. The van der Waals surface area contributed by atoms with Crippen LogP contribution >= 0.6 is 0 Å². The number of anilines is 1. The summed E-state index contributed by atoms with van der Waals surface area (Å²) in [6, 6.07) is 6.96. The first kappa shape index (κ1) is 15.8. The summed E-state index contributed by atoms with van der Waals surface area (Å²) in [5.41, 5.74) is 6.18. The molecule has 110 valence electrons. The van der Waals surface area contributed by atoms with Crippen molar-refractivity contribution < 1.29 is 19.1 Å². The molecule has 0 saturated carbocycles. The lowest BCUT2D eigenvalue weighted by molar-refractivity contribution is -0.144. The topological polar surface area (TPSA) is 81.9 Å². The molecule has 1 aromatic rings. The maximum atomic E-state index is 11.8. The number of carbonyl (C=O) groups is 2. The number of benzene rings is 1. The number of amides is 1. The third-order valence-corrected chi connectivity index (χ3v) is 2.65. The van der Waals surface area contributed by atoms with Crippen molar-refractivity contribution in [3.05, 3.63) is 24.3 Å². The lowest BCUT2D eigenvalue weighted by Gasteiger charge is -2.17. The Morgan fingerprint density at radius 3 is 2.65 bits per heavy atom. The van der Waals surface area contributed by atoms with Gasteiger partial charge in [-0.25, -0.2) is 0 Å². The maximum Gasteiger partial charge on any atom is 0.307 e. The zero-order valence-electron chi connectivity index (χ0n) is 11.8. The Morgan fingerprint density at radius 2 is 2.00 bits per heavy atom. The lowest BCUT2D eigenvalue weighted by Crippen LogP contribution is -2.33. The fourth-order valence-electron chi connectivity index (χ4n) is 1.48. The van der Waals surface area contributed by atoms with Crippen LogP contribution in [0.2, 0.25) is 0 Å². The summed E-state index contributed by atoms with van der Waals surface area (Å²) >= 11 is 0. The molecule has 20 heavy (non-hydrogen) atoms. The Balaban J connectivity index is 2.35. The third kappa shape index (κ3) is 5.17. The van der Waals surface area contributed by atoms with E-state index in [2.05, 4.69) is 0 Å². The number of para-hydroxylation sites is 2. The zero-order valence-corrected chi connectivity index (χ0v) is 11.8. The van der Waals surface area contributed by atoms with Gasteiger partial charge in [-0.15, -0.1) is 0 Å². The SMILES string of the molecule is CCOC(=O)CCN(C)C(=O)COc1ccccc1N. The molecule has 1 rings (SSSR count). The van der Waals surface area contributed by atoms with E-state index in [0.29, 0.717) is 24.6 Å². The van der Waals surface area contributed by atoms with Gasteiger partial charge >= 0.3 is 5.97 Å². The van der Waals surface area contributed by atoms with Crippen LogP contribution in [0.5, 0.6) is 5.75 Å². The normalized spacial score (nSPS) is 9.90. The van der Waals surface area contributed by atoms with Crippen LogP contribution in [0.3, 0.4) is 0 Å². The number of nitrogen functional groups attached to an aromatic ring is 1. The summed E-state index contributed by atoms with van der Waals surface area (Å²) in [4.78, 5) is 24.4. The fraction of sp³-hybridized carbons (Fsp3) is 0.429. The predicted octanol–water partition coefficient (Wildman–Crippen LogP) is 1.06. The number of rotatable bonds is 7. The standard InChI is InChI=1S/C14H20N2O4/c1-3-19-14(18)8-9-16(2)13(17)10-20-12-7-5-4-6-11(12)15/h4-7H,3,8-10,15H2,1-2H3.